The van der Waals surface area contributed by atoms with Gasteiger partial charge in [-0.15, -0.1) is 0 Å². The zero-order valence-corrected chi connectivity index (χ0v) is 14.0. The third-order valence-corrected chi connectivity index (χ3v) is 8.25. The van der Waals surface area contributed by atoms with Crippen molar-refractivity contribution in [1.82, 2.24) is 0 Å². The summed E-state index contributed by atoms with van der Waals surface area (Å²) in [5, 5.41) is 10.6. The van der Waals surface area contributed by atoms with Gasteiger partial charge in [-0.25, -0.2) is 0 Å². The molecule has 0 unspecified atom stereocenters. The first-order chi connectivity index (χ1) is 10.1. The SMILES string of the molecule is CS[C@H]1CC[C@H]2[C@H]3CCc4cc(O)ccc4[C@@H]3CC[C@]12C. The number of thioether (sulfide) groups is 1. The molecule has 0 bridgehead atoms. The lowest BCUT2D eigenvalue weighted by molar-refractivity contribution is 0.0631. The molecule has 0 aliphatic heterocycles. The predicted octanol–water partition coefficient (Wildman–Crippen LogP) is 4.98. The molecule has 0 spiro atoms. The van der Waals surface area contributed by atoms with Gasteiger partial charge in [-0.2, -0.15) is 11.8 Å². The van der Waals surface area contributed by atoms with Crippen LogP contribution in [0.15, 0.2) is 18.2 Å². The van der Waals surface area contributed by atoms with Crippen LogP contribution in [-0.4, -0.2) is 16.6 Å². The van der Waals surface area contributed by atoms with Crippen molar-refractivity contribution in [3.63, 3.8) is 0 Å². The number of hydrogen-bond donors (Lipinski definition) is 1. The van der Waals surface area contributed by atoms with Crippen LogP contribution < -0.4 is 0 Å². The van der Waals surface area contributed by atoms with Gasteiger partial charge in [-0.3, -0.25) is 0 Å². The fraction of sp³-hybridized carbons (Fsp3) is 0.684. The minimum Gasteiger partial charge on any atom is -0.508 e. The predicted molar refractivity (Wildman–Crippen MR) is 90.0 cm³/mol. The number of benzene rings is 1. The maximum Gasteiger partial charge on any atom is 0.115 e. The van der Waals surface area contributed by atoms with Crippen LogP contribution in [0.5, 0.6) is 5.75 Å². The molecular formula is C19H26OS. The molecule has 0 radical (unpaired) electrons. The molecular weight excluding hydrogens is 276 g/mol. The number of fused-ring (bicyclic) bond motifs is 5. The van der Waals surface area contributed by atoms with E-state index in [9.17, 15) is 5.11 Å². The van der Waals surface area contributed by atoms with Crippen LogP contribution in [0.1, 0.15) is 56.1 Å². The summed E-state index contributed by atoms with van der Waals surface area (Å²) in [6.07, 6.45) is 10.4. The Morgan fingerprint density at radius 3 is 2.86 bits per heavy atom. The molecule has 2 heteroatoms. The monoisotopic (exact) mass is 302 g/mol. The van der Waals surface area contributed by atoms with E-state index in [0.717, 1.165) is 23.0 Å². The number of aromatic hydroxyl groups is 1. The van der Waals surface area contributed by atoms with Crippen molar-refractivity contribution in [2.24, 2.45) is 17.3 Å². The molecule has 0 heterocycles. The van der Waals surface area contributed by atoms with E-state index in [1.54, 1.807) is 5.56 Å². The highest BCUT2D eigenvalue weighted by atomic mass is 32.2. The Morgan fingerprint density at radius 1 is 1.19 bits per heavy atom. The van der Waals surface area contributed by atoms with E-state index in [0.29, 0.717) is 11.2 Å². The van der Waals surface area contributed by atoms with Crippen LogP contribution in [0.25, 0.3) is 0 Å². The summed E-state index contributed by atoms with van der Waals surface area (Å²) in [6, 6.07) is 6.12. The minimum absolute atomic E-state index is 0.441. The Kier molecular flexibility index (Phi) is 3.29. The first kappa shape index (κ1) is 14.0. The largest absolute Gasteiger partial charge is 0.508 e. The lowest BCUT2D eigenvalue weighted by Crippen LogP contribution is -2.43. The standard InChI is InChI=1S/C19H26OS/c1-19-10-9-15-14-6-4-13(20)11-12(14)3-5-16(15)17(19)7-8-18(19)21-2/h4,6,11,15-18,20H,3,5,7-10H2,1-2H3/t15-,16-,17-,18-,19-/m0/s1. The summed E-state index contributed by atoms with van der Waals surface area (Å²) in [7, 11) is 0. The van der Waals surface area contributed by atoms with Crippen molar-refractivity contribution in [3.05, 3.63) is 29.3 Å². The second kappa shape index (κ2) is 4.94. The minimum atomic E-state index is 0.441. The summed E-state index contributed by atoms with van der Waals surface area (Å²) in [5.74, 6) is 3.01. The molecule has 1 nitrogen and oxygen atoms in total. The van der Waals surface area contributed by atoms with Crippen molar-refractivity contribution in [2.45, 2.75) is 56.6 Å². The molecule has 3 aliphatic rings. The molecule has 21 heavy (non-hydrogen) atoms. The highest BCUT2D eigenvalue weighted by Gasteiger charge is 2.54. The van der Waals surface area contributed by atoms with Gasteiger partial charge in [-0.05, 0) is 91.2 Å². The Labute approximate surface area is 132 Å². The average molecular weight is 302 g/mol. The molecule has 0 amide bonds. The zero-order valence-electron chi connectivity index (χ0n) is 13.1. The van der Waals surface area contributed by atoms with Gasteiger partial charge in [-0.1, -0.05) is 13.0 Å². The number of aryl methyl sites for hydroxylation is 1. The van der Waals surface area contributed by atoms with Crippen molar-refractivity contribution in [1.29, 1.82) is 0 Å². The Bertz CT molecular complexity index is 554. The second-order valence-corrected chi connectivity index (χ2v) is 8.69. The summed E-state index contributed by atoms with van der Waals surface area (Å²) in [6.45, 7) is 2.58. The molecule has 0 saturated heterocycles. The molecule has 1 aromatic rings. The van der Waals surface area contributed by atoms with Crippen molar-refractivity contribution in [2.75, 3.05) is 6.26 Å². The van der Waals surface area contributed by atoms with Crippen LogP contribution in [0.4, 0.5) is 0 Å². The molecule has 1 aromatic carbocycles. The first-order valence-electron chi connectivity index (χ1n) is 8.48. The number of phenols is 1. The highest BCUT2D eigenvalue weighted by Crippen LogP contribution is 2.62. The Hall–Kier alpha value is -0.630. The van der Waals surface area contributed by atoms with Crippen LogP contribution in [0.2, 0.25) is 0 Å². The molecule has 2 saturated carbocycles. The van der Waals surface area contributed by atoms with Crippen molar-refractivity contribution in [3.8, 4) is 5.75 Å². The second-order valence-electron chi connectivity index (χ2n) is 7.64. The van der Waals surface area contributed by atoms with E-state index in [-0.39, 0.29) is 0 Å². The van der Waals surface area contributed by atoms with E-state index in [4.69, 9.17) is 0 Å². The van der Waals surface area contributed by atoms with Gasteiger partial charge in [0.15, 0.2) is 0 Å². The summed E-state index contributed by atoms with van der Waals surface area (Å²) in [4.78, 5) is 0. The zero-order chi connectivity index (χ0) is 14.6. The normalized spacial score (nSPS) is 41.2. The van der Waals surface area contributed by atoms with Crippen LogP contribution in [0, 0.1) is 17.3 Å². The highest BCUT2D eigenvalue weighted by molar-refractivity contribution is 7.99. The van der Waals surface area contributed by atoms with E-state index in [1.165, 1.54) is 44.1 Å². The van der Waals surface area contributed by atoms with Crippen LogP contribution in [0.3, 0.4) is 0 Å². The van der Waals surface area contributed by atoms with E-state index < -0.39 is 0 Å². The van der Waals surface area contributed by atoms with E-state index in [2.05, 4.69) is 31.0 Å². The number of rotatable bonds is 1. The third-order valence-electron chi connectivity index (χ3n) is 6.91. The quantitative estimate of drug-likeness (QED) is 0.789. The molecule has 1 N–H and O–H groups in total. The molecule has 0 aromatic heterocycles. The van der Waals surface area contributed by atoms with E-state index >= 15 is 0 Å². The van der Waals surface area contributed by atoms with Crippen molar-refractivity contribution >= 4 is 11.8 Å². The topological polar surface area (TPSA) is 20.2 Å². The number of hydrogen-bond acceptors (Lipinski definition) is 2. The van der Waals surface area contributed by atoms with Crippen molar-refractivity contribution < 1.29 is 5.11 Å². The smallest absolute Gasteiger partial charge is 0.115 e. The summed E-state index contributed by atoms with van der Waals surface area (Å²) >= 11 is 2.11. The maximum absolute atomic E-state index is 9.74. The van der Waals surface area contributed by atoms with Gasteiger partial charge >= 0.3 is 0 Å². The Balaban J connectivity index is 1.68. The fourth-order valence-corrected chi connectivity index (χ4v) is 7.11. The number of phenolic OH excluding ortho intramolecular Hbond substituents is 1. The molecule has 114 valence electrons. The maximum atomic E-state index is 9.74. The molecule has 4 rings (SSSR count). The van der Waals surface area contributed by atoms with Gasteiger partial charge in [0, 0.05) is 5.25 Å². The third kappa shape index (κ3) is 1.98. The van der Waals surface area contributed by atoms with Gasteiger partial charge in [0.1, 0.15) is 5.75 Å². The molecule has 5 atom stereocenters. The van der Waals surface area contributed by atoms with Gasteiger partial charge in [0.25, 0.3) is 0 Å². The average Bonchev–Trinajstić information content (AvgIpc) is 2.83. The lowest BCUT2D eigenvalue weighted by Gasteiger charge is -2.50. The fourth-order valence-electron chi connectivity index (χ4n) is 5.91. The summed E-state index contributed by atoms with van der Waals surface area (Å²) < 4.78 is 0. The van der Waals surface area contributed by atoms with Gasteiger partial charge < -0.3 is 5.11 Å². The first-order valence-corrected chi connectivity index (χ1v) is 9.77. The van der Waals surface area contributed by atoms with E-state index in [1.807, 2.05) is 12.1 Å². The van der Waals surface area contributed by atoms with Gasteiger partial charge in [0.05, 0.1) is 0 Å². The molecule has 3 aliphatic carbocycles. The lowest BCUT2D eigenvalue weighted by atomic mass is 9.56. The van der Waals surface area contributed by atoms with Crippen LogP contribution in [-0.2, 0) is 6.42 Å². The van der Waals surface area contributed by atoms with Crippen LogP contribution >= 0.6 is 11.8 Å². The van der Waals surface area contributed by atoms with Gasteiger partial charge in [0.2, 0.25) is 0 Å². The molecule has 2 fully saturated rings. The Morgan fingerprint density at radius 2 is 2.05 bits per heavy atom. The summed E-state index contributed by atoms with van der Waals surface area (Å²) in [5.41, 5.74) is 3.55.